The molecule has 2 aromatic heterocycles. The van der Waals surface area contributed by atoms with Gasteiger partial charge in [0.05, 0.1) is 14.2 Å². The van der Waals surface area contributed by atoms with Crippen LogP contribution in [0.2, 0.25) is 0 Å². The normalized spacial score (nSPS) is 16.9. The summed E-state index contributed by atoms with van der Waals surface area (Å²) < 4.78 is 79.5. The highest BCUT2D eigenvalue weighted by atomic mass is 32.2. The molecular weight excluding hydrogens is 556 g/mol. The Hall–Kier alpha value is -4.26. The lowest BCUT2D eigenvalue weighted by atomic mass is 10.00. The first-order valence-corrected chi connectivity index (χ1v) is 14.3. The maximum absolute atomic E-state index is 16.3. The summed E-state index contributed by atoms with van der Waals surface area (Å²) in [7, 11) is 0.174. The van der Waals surface area contributed by atoms with E-state index < -0.39 is 32.7 Å². The van der Waals surface area contributed by atoms with E-state index >= 15 is 8.78 Å². The predicted octanol–water partition coefficient (Wildman–Crippen LogP) is 4.61. The van der Waals surface area contributed by atoms with Gasteiger partial charge in [-0.3, -0.25) is 9.40 Å². The fraction of sp³-hybridized carbons (Fsp3) is 0.321. The second-order valence-electron chi connectivity index (χ2n) is 9.61. The second-order valence-corrected chi connectivity index (χ2v) is 11.3. The van der Waals surface area contributed by atoms with E-state index in [1.165, 1.54) is 26.5 Å². The molecular formula is C28H29F2N5O5S. The Morgan fingerprint density at radius 1 is 1.07 bits per heavy atom. The summed E-state index contributed by atoms with van der Waals surface area (Å²) >= 11 is 0. The van der Waals surface area contributed by atoms with E-state index in [1.54, 1.807) is 29.1 Å². The quantitative estimate of drug-likeness (QED) is 0.287. The number of benzene rings is 2. The van der Waals surface area contributed by atoms with Gasteiger partial charge in [-0.15, -0.1) is 0 Å². The van der Waals surface area contributed by atoms with Crippen molar-refractivity contribution in [2.24, 2.45) is 7.05 Å². The number of hydrogen-bond acceptors (Lipinski definition) is 8. The SMILES string of the molecule is COc1ccc(Cc2c(F)c(S(=O)(=O)Nc3ccncn3)cc(F)c2O[C@@H]2CCC[C@H]2c2ccnn2C)c(OC)c1. The first kappa shape index (κ1) is 28.3. The molecule has 5 rings (SSSR count). The van der Waals surface area contributed by atoms with Crippen LogP contribution in [0.25, 0.3) is 0 Å². The van der Waals surface area contributed by atoms with Gasteiger partial charge >= 0.3 is 0 Å². The molecule has 0 aliphatic heterocycles. The fourth-order valence-corrected chi connectivity index (χ4v) is 6.28. The summed E-state index contributed by atoms with van der Waals surface area (Å²) in [5.41, 5.74) is 1.14. The third-order valence-electron chi connectivity index (χ3n) is 7.16. The molecule has 1 saturated carbocycles. The second kappa shape index (κ2) is 11.7. The van der Waals surface area contributed by atoms with Crippen molar-refractivity contribution < 1.29 is 31.4 Å². The number of aromatic nitrogens is 4. The monoisotopic (exact) mass is 585 g/mol. The molecule has 13 heteroatoms. The van der Waals surface area contributed by atoms with E-state index in [0.29, 0.717) is 29.5 Å². The Balaban J connectivity index is 1.60. The molecule has 0 radical (unpaired) electrons. The molecule has 1 N–H and O–H groups in total. The molecule has 0 bridgehead atoms. The van der Waals surface area contributed by atoms with Gasteiger partial charge in [0.1, 0.15) is 34.6 Å². The Morgan fingerprint density at radius 3 is 2.59 bits per heavy atom. The summed E-state index contributed by atoms with van der Waals surface area (Å²) in [4.78, 5) is 6.68. The van der Waals surface area contributed by atoms with Crippen molar-refractivity contribution in [1.82, 2.24) is 19.7 Å². The van der Waals surface area contributed by atoms with E-state index in [0.717, 1.165) is 24.9 Å². The minimum Gasteiger partial charge on any atom is -0.497 e. The summed E-state index contributed by atoms with van der Waals surface area (Å²) in [6.45, 7) is 0. The smallest absolute Gasteiger partial charge is 0.266 e. The van der Waals surface area contributed by atoms with Crippen molar-refractivity contribution in [2.75, 3.05) is 18.9 Å². The third kappa shape index (κ3) is 5.80. The lowest BCUT2D eigenvalue weighted by molar-refractivity contribution is 0.176. The molecule has 2 heterocycles. The number of sulfonamides is 1. The maximum atomic E-state index is 16.3. The first-order valence-electron chi connectivity index (χ1n) is 12.9. The van der Waals surface area contributed by atoms with Crippen LogP contribution < -0.4 is 18.9 Å². The topological polar surface area (TPSA) is 117 Å². The highest BCUT2D eigenvalue weighted by Crippen LogP contribution is 2.41. The van der Waals surface area contributed by atoms with Crippen molar-refractivity contribution in [1.29, 1.82) is 0 Å². The molecule has 41 heavy (non-hydrogen) atoms. The van der Waals surface area contributed by atoms with Crippen LogP contribution in [0.15, 0.2) is 60.0 Å². The zero-order valence-electron chi connectivity index (χ0n) is 22.7. The summed E-state index contributed by atoms with van der Waals surface area (Å²) in [5.74, 6) is -1.83. The molecule has 1 aliphatic rings. The zero-order chi connectivity index (χ0) is 29.1. The molecule has 2 atom stereocenters. The van der Waals surface area contributed by atoms with Gasteiger partial charge in [-0.2, -0.15) is 5.10 Å². The molecule has 0 saturated heterocycles. The van der Waals surface area contributed by atoms with E-state index in [-0.39, 0.29) is 29.5 Å². The van der Waals surface area contributed by atoms with Crippen LogP contribution in [0.1, 0.15) is 42.0 Å². The first-order chi connectivity index (χ1) is 19.7. The highest BCUT2D eigenvalue weighted by molar-refractivity contribution is 7.92. The van der Waals surface area contributed by atoms with Crippen LogP contribution in [0.4, 0.5) is 14.6 Å². The van der Waals surface area contributed by atoms with Crippen LogP contribution >= 0.6 is 0 Å². The lowest BCUT2D eigenvalue weighted by Crippen LogP contribution is -2.24. The van der Waals surface area contributed by atoms with Crippen molar-refractivity contribution in [2.45, 2.75) is 42.6 Å². The Labute approximate surface area is 236 Å². The standard InChI is InChI=1S/C28H29F2N5O5S/c1-35-22(9-12-33-35)19-5-4-6-23(19)40-28-20(13-17-7-8-18(38-2)14-24(17)39-3)27(30)25(15-21(28)29)41(36,37)34-26-10-11-31-16-32-26/h7-12,14-16,19,23H,4-6,13H2,1-3H3,(H,31,32,34)/t19-,23+/m0/s1. The summed E-state index contributed by atoms with van der Waals surface area (Å²) in [6, 6.07) is 8.71. The van der Waals surface area contributed by atoms with Crippen molar-refractivity contribution in [3.63, 3.8) is 0 Å². The van der Waals surface area contributed by atoms with Crippen molar-refractivity contribution in [3.8, 4) is 17.2 Å². The number of rotatable bonds is 10. The minimum absolute atomic E-state index is 0.0940. The van der Waals surface area contributed by atoms with Gasteiger partial charge < -0.3 is 14.2 Å². The van der Waals surface area contributed by atoms with E-state index in [9.17, 15) is 8.42 Å². The predicted molar refractivity (Wildman–Crippen MR) is 146 cm³/mol. The van der Waals surface area contributed by atoms with Gasteiger partial charge in [-0.25, -0.2) is 27.2 Å². The fourth-order valence-electron chi connectivity index (χ4n) is 5.15. The van der Waals surface area contributed by atoms with Crippen molar-refractivity contribution >= 4 is 15.8 Å². The zero-order valence-corrected chi connectivity index (χ0v) is 23.5. The summed E-state index contributed by atoms with van der Waals surface area (Å²) in [6.07, 6.45) is 5.65. The number of ether oxygens (including phenoxy) is 3. The Bertz CT molecular complexity index is 1650. The van der Waals surface area contributed by atoms with E-state index in [4.69, 9.17) is 14.2 Å². The average Bonchev–Trinajstić information content (AvgIpc) is 3.60. The summed E-state index contributed by atoms with van der Waals surface area (Å²) in [5, 5.41) is 4.23. The number of halogens is 2. The van der Waals surface area contributed by atoms with Gasteiger partial charge in [0.15, 0.2) is 17.4 Å². The molecule has 1 aliphatic carbocycles. The highest BCUT2D eigenvalue weighted by Gasteiger charge is 2.35. The number of nitrogens with zero attached hydrogens (tertiary/aromatic N) is 4. The van der Waals surface area contributed by atoms with Crippen molar-refractivity contribution in [3.05, 3.63) is 83.6 Å². The van der Waals surface area contributed by atoms with Crippen LogP contribution in [0, 0.1) is 11.6 Å². The number of anilines is 1. The number of aryl methyl sites for hydroxylation is 1. The van der Waals surface area contributed by atoms with Gasteiger partial charge in [0.2, 0.25) is 0 Å². The molecule has 0 spiro atoms. The minimum atomic E-state index is -4.58. The Kier molecular flexibility index (Phi) is 8.06. The molecule has 10 nitrogen and oxygen atoms in total. The third-order valence-corrected chi connectivity index (χ3v) is 8.52. The number of methoxy groups -OCH3 is 2. The van der Waals surface area contributed by atoms with Crippen LogP contribution in [-0.2, 0) is 23.5 Å². The number of hydrogen-bond donors (Lipinski definition) is 1. The van der Waals surface area contributed by atoms with Crippen LogP contribution in [0.3, 0.4) is 0 Å². The average molecular weight is 586 g/mol. The van der Waals surface area contributed by atoms with Crippen LogP contribution in [0.5, 0.6) is 17.2 Å². The maximum Gasteiger partial charge on any atom is 0.266 e. The molecule has 216 valence electrons. The van der Waals surface area contributed by atoms with E-state index in [1.807, 2.05) is 13.1 Å². The Morgan fingerprint density at radius 2 is 1.90 bits per heavy atom. The van der Waals surface area contributed by atoms with Crippen LogP contribution in [-0.4, -0.2) is 48.5 Å². The van der Waals surface area contributed by atoms with Gasteiger partial charge in [0.25, 0.3) is 10.0 Å². The number of nitrogens with one attached hydrogen (secondary N) is 1. The molecule has 2 aromatic carbocycles. The van der Waals surface area contributed by atoms with Gasteiger partial charge in [0, 0.05) is 55.2 Å². The van der Waals surface area contributed by atoms with Gasteiger partial charge in [-0.05, 0) is 43.0 Å². The lowest BCUT2D eigenvalue weighted by Gasteiger charge is -2.24. The van der Waals surface area contributed by atoms with Gasteiger partial charge in [-0.1, -0.05) is 6.07 Å². The molecule has 1 fully saturated rings. The molecule has 0 unspecified atom stereocenters. The molecule has 4 aromatic rings. The van der Waals surface area contributed by atoms with E-state index in [2.05, 4.69) is 19.8 Å². The molecule has 0 amide bonds. The largest absolute Gasteiger partial charge is 0.497 e.